The van der Waals surface area contributed by atoms with Gasteiger partial charge in [-0.1, -0.05) is 40.4 Å². The van der Waals surface area contributed by atoms with Crippen molar-refractivity contribution in [1.82, 2.24) is 0 Å². The third kappa shape index (κ3) is 8.61. The summed E-state index contributed by atoms with van der Waals surface area (Å²) in [5.41, 5.74) is 0.291. The van der Waals surface area contributed by atoms with Crippen LogP contribution in [0.2, 0.25) is 39.3 Å². The molecule has 0 aliphatic carbocycles. The Kier molecular flexibility index (Phi) is 5.27. The molecule has 1 nitrogen and oxygen atoms in total. The Morgan fingerprint density at radius 1 is 0.933 bits per heavy atom. The van der Waals surface area contributed by atoms with Crippen LogP contribution in [0.3, 0.4) is 0 Å². The maximum Gasteiger partial charge on any atom is 0.184 e. The molecule has 0 bridgehead atoms. The molecule has 0 spiro atoms. The van der Waals surface area contributed by atoms with Gasteiger partial charge in [0.1, 0.15) is 0 Å². The van der Waals surface area contributed by atoms with Gasteiger partial charge in [-0.15, -0.1) is 8.13 Å². The smallest absolute Gasteiger partial charge is 0.184 e. The van der Waals surface area contributed by atoms with Crippen molar-refractivity contribution in [3.8, 4) is 0 Å². The van der Waals surface area contributed by atoms with Gasteiger partial charge in [-0.3, -0.25) is 0 Å². The molecule has 0 aromatic heterocycles. The van der Waals surface area contributed by atoms with E-state index in [2.05, 4.69) is 60.1 Å². The molecular formula is C11H29OPSi2. The first-order valence-electron chi connectivity index (χ1n) is 5.77. The predicted octanol–water partition coefficient (Wildman–Crippen LogP) is 4.72. The highest BCUT2D eigenvalue weighted by Crippen LogP contribution is 2.43. The van der Waals surface area contributed by atoms with E-state index >= 15 is 0 Å². The zero-order valence-electron chi connectivity index (χ0n) is 12.0. The Bertz CT molecular complexity index is 182. The van der Waals surface area contributed by atoms with Crippen molar-refractivity contribution in [2.75, 3.05) is 0 Å². The van der Waals surface area contributed by atoms with Gasteiger partial charge in [0.05, 0.1) is 13.6 Å². The molecule has 0 radical (unpaired) electrons. The van der Waals surface area contributed by atoms with Crippen LogP contribution >= 0.6 is 8.13 Å². The lowest BCUT2D eigenvalue weighted by molar-refractivity contribution is 0.156. The van der Waals surface area contributed by atoms with Crippen LogP contribution in [0.1, 0.15) is 20.8 Å². The second-order valence-corrected chi connectivity index (χ2v) is 22.5. The summed E-state index contributed by atoms with van der Waals surface area (Å²) in [6.45, 7) is 21.1. The highest BCUT2D eigenvalue weighted by atomic mass is 31.3. The minimum Gasteiger partial charge on any atom is -0.411 e. The molecule has 0 N–H and O–H groups in total. The second-order valence-electron chi connectivity index (χ2n) is 7.37. The summed E-state index contributed by atoms with van der Waals surface area (Å²) in [6.07, 6.45) is 0. The average molecular weight is 264 g/mol. The summed E-state index contributed by atoms with van der Waals surface area (Å²) in [4.78, 5) is 0. The van der Waals surface area contributed by atoms with E-state index in [0.717, 1.165) is 8.13 Å². The van der Waals surface area contributed by atoms with Crippen molar-refractivity contribution in [2.24, 2.45) is 5.41 Å². The van der Waals surface area contributed by atoms with Crippen LogP contribution in [0.25, 0.3) is 0 Å². The van der Waals surface area contributed by atoms with E-state index in [1.807, 2.05) is 0 Å². The van der Waals surface area contributed by atoms with Crippen molar-refractivity contribution in [2.45, 2.75) is 65.9 Å². The van der Waals surface area contributed by atoms with E-state index in [4.69, 9.17) is 4.43 Å². The van der Waals surface area contributed by atoms with Crippen molar-refractivity contribution < 1.29 is 4.43 Å². The molecule has 0 aliphatic rings. The Balaban J connectivity index is 4.62. The first kappa shape index (κ1) is 15.8. The summed E-state index contributed by atoms with van der Waals surface area (Å²) >= 11 is 0. The Morgan fingerprint density at radius 2 is 1.33 bits per heavy atom. The Morgan fingerprint density at radius 3 is 1.53 bits per heavy atom. The normalized spacial score (nSPS) is 17.4. The largest absolute Gasteiger partial charge is 0.411 e. The van der Waals surface area contributed by atoms with E-state index in [9.17, 15) is 0 Å². The monoisotopic (exact) mass is 264 g/mol. The van der Waals surface area contributed by atoms with Crippen LogP contribution < -0.4 is 0 Å². The highest BCUT2D eigenvalue weighted by Gasteiger charge is 2.33. The topological polar surface area (TPSA) is 9.23 Å². The molecule has 0 aliphatic heterocycles. The summed E-state index contributed by atoms with van der Waals surface area (Å²) in [5.74, 6) is 0.468. The van der Waals surface area contributed by atoms with Gasteiger partial charge in [0, 0.05) is 0 Å². The maximum absolute atomic E-state index is 6.36. The van der Waals surface area contributed by atoms with E-state index in [0.29, 0.717) is 11.3 Å². The predicted molar refractivity (Wildman–Crippen MR) is 79.3 cm³/mol. The van der Waals surface area contributed by atoms with Crippen LogP contribution in [0.4, 0.5) is 0 Å². The standard InChI is InChI=1S/C11H29OPSi2/c1-11(2,3)10(12-14(4,5)6)13-15(7,8)9/h10,13H,1-9H3. The summed E-state index contributed by atoms with van der Waals surface area (Å²) in [6, 6.07) is 0. The van der Waals surface area contributed by atoms with Crippen LogP contribution in [0.15, 0.2) is 0 Å². The van der Waals surface area contributed by atoms with Gasteiger partial charge < -0.3 is 4.43 Å². The van der Waals surface area contributed by atoms with Crippen LogP contribution in [0.5, 0.6) is 0 Å². The van der Waals surface area contributed by atoms with Gasteiger partial charge in [0.15, 0.2) is 8.32 Å². The highest BCUT2D eigenvalue weighted by molar-refractivity contribution is 7.81. The van der Waals surface area contributed by atoms with Gasteiger partial charge in [-0.05, 0) is 25.1 Å². The van der Waals surface area contributed by atoms with Crippen LogP contribution in [-0.4, -0.2) is 21.9 Å². The van der Waals surface area contributed by atoms with Crippen molar-refractivity contribution in [1.29, 1.82) is 0 Å². The lowest BCUT2D eigenvalue weighted by Crippen LogP contribution is -2.39. The summed E-state index contributed by atoms with van der Waals surface area (Å²) in [7, 11) is -1.40. The zero-order chi connectivity index (χ0) is 12.5. The zero-order valence-corrected chi connectivity index (χ0v) is 15.0. The molecule has 0 fully saturated rings. The molecule has 4 heteroatoms. The van der Waals surface area contributed by atoms with E-state index in [1.165, 1.54) is 0 Å². The number of rotatable bonds is 4. The quantitative estimate of drug-likeness (QED) is 0.527. The third-order valence-corrected chi connectivity index (χ3v) is 8.50. The molecule has 15 heavy (non-hydrogen) atoms. The van der Waals surface area contributed by atoms with Gasteiger partial charge in [0.2, 0.25) is 0 Å². The molecule has 0 aromatic carbocycles. The first-order valence-corrected chi connectivity index (χ1v) is 14.8. The fourth-order valence-corrected chi connectivity index (χ4v) is 8.94. The minimum atomic E-state index is -1.40. The molecule has 2 atom stereocenters. The second kappa shape index (κ2) is 4.99. The molecule has 0 saturated heterocycles. The molecular weight excluding hydrogens is 235 g/mol. The van der Waals surface area contributed by atoms with Crippen molar-refractivity contribution in [3.63, 3.8) is 0 Å². The fourth-order valence-electron chi connectivity index (χ4n) is 1.17. The molecule has 0 rings (SSSR count). The van der Waals surface area contributed by atoms with E-state index in [-0.39, 0.29) is 0 Å². The molecule has 92 valence electrons. The Hall–Kier alpha value is 0.824. The lowest BCUT2D eigenvalue weighted by Gasteiger charge is -2.39. The third-order valence-electron chi connectivity index (χ3n) is 1.82. The number of hydrogen-bond acceptors (Lipinski definition) is 1. The van der Waals surface area contributed by atoms with Gasteiger partial charge in [0.25, 0.3) is 0 Å². The summed E-state index contributed by atoms with van der Waals surface area (Å²) in [5, 5.41) is 0. The van der Waals surface area contributed by atoms with E-state index in [1.54, 1.807) is 0 Å². The molecule has 2 unspecified atom stereocenters. The fraction of sp³-hybridized carbons (Fsp3) is 1.00. The molecule has 0 heterocycles. The molecule has 0 aromatic rings. The SMILES string of the molecule is CC(C)(C)C(O[Si](C)(C)C)P[Si](C)(C)C. The molecule has 0 saturated carbocycles. The Labute approximate surface area is 100 Å². The van der Waals surface area contributed by atoms with Gasteiger partial charge >= 0.3 is 0 Å². The van der Waals surface area contributed by atoms with Crippen molar-refractivity contribution in [3.05, 3.63) is 0 Å². The van der Waals surface area contributed by atoms with E-state index < -0.39 is 16.1 Å². The van der Waals surface area contributed by atoms with Crippen LogP contribution in [-0.2, 0) is 4.43 Å². The summed E-state index contributed by atoms with van der Waals surface area (Å²) < 4.78 is 6.36. The van der Waals surface area contributed by atoms with Gasteiger partial charge in [-0.25, -0.2) is 0 Å². The van der Waals surface area contributed by atoms with Gasteiger partial charge in [-0.2, -0.15) is 0 Å². The maximum atomic E-state index is 6.36. The minimum absolute atomic E-state index is 0.291. The van der Waals surface area contributed by atoms with Crippen molar-refractivity contribution >= 4 is 24.2 Å². The average Bonchev–Trinajstić information content (AvgIpc) is 1.75. The molecule has 0 amide bonds. The lowest BCUT2D eigenvalue weighted by atomic mass is 9.98. The number of hydrogen-bond donors (Lipinski definition) is 0. The first-order chi connectivity index (χ1) is 6.31. The van der Waals surface area contributed by atoms with Crippen LogP contribution in [0, 0.1) is 5.41 Å².